The lowest BCUT2D eigenvalue weighted by atomic mass is 10.1. The maximum Gasteiger partial charge on any atom is 0.339 e. The number of carbonyl (C=O) groups excluding carboxylic acids is 1. The monoisotopic (exact) mass is 368 g/mol. The Bertz CT molecular complexity index is 844. The van der Waals surface area contributed by atoms with E-state index >= 15 is 0 Å². The average Bonchev–Trinajstić information content (AvgIpc) is 2.72. The highest BCUT2D eigenvalue weighted by atomic mass is 16.5. The largest absolute Gasteiger partial charge is 0.496 e. The Morgan fingerprint density at radius 3 is 2.44 bits per heavy atom. The number of carboxylic acid groups (broad SMARTS) is 1. The molecular formula is C21H24N2O4. The third kappa shape index (κ3) is 3.89. The number of hydrogen-bond acceptors (Lipinski definition) is 4. The van der Waals surface area contributed by atoms with Gasteiger partial charge in [0.1, 0.15) is 11.3 Å². The second-order valence-electron chi connectivity index (χ2n) is 6.62. The number of piperidine rings is 1. The Morgan fingerprint density at radius 2 is 1.78 bits per heavy atom. The van der Waals surface area contributed by atoms with Crippen LogP contribution in [0.4, 0.5) is 11.4 Å². The Balaban J connectivity index is 1.91. The third-order valence-electron chi connectivity index (χ3n) is 4.92. The molecule has 1 aliphatic rings. The van der Waals surface area contributed by atoms with Crippen molar-refractivity contribution in [3.63, 3.8) is 0 Å². The van der Waals surface area contributed by atoms with Crippen molar-refractivity contribution in [1.82, 2.24) is 0 Å². The van der Waals surface area contributed by atoms with Gasteiger partial charge in [-0.15, -0.1) is 0 Å². The van der Waals surface area contributed by atoms with Crippen molar-refractivity contribution < 1.29 is 19.4 Å². The molecule has 27 heavy (non-hydrogen) atoms. The first kappa shape index (κ1) is 18.8. The lowest BCUT2D eigenvalue weighted by Gasteiger charge is -2.32. The van der Waals surface area contributed by atoms with E-state index in [1.54, 1.807) is 11.9 Å². The van der Waals surface area contributed by atoms with Gasteiger partial charge in [-0.3, -0.25) is 4.79 Å². The van der Waals surface area contributed by atoms with E-state index in [2.05, 4.69) is 4.90 Å². The van der Waals surface area contributed by atoms with Crippen LogP contribution in [0.1, 0.15) is 40.0 Å². The molecule has 1 fully saturated rings. The van der Waals surface area contributed by atoms with Crippen molar-refractivity contribution in [2.45, 2.75) is 19.3 Å². The number of aromatic carboxylic acids is 1. The molecule has 3 rings (SSSR count). The Kier molecular flexibility index (Phi) is 5.64. The zero-order chi connectivity index (χ0) is 19.4. The van der Waals surface area contributed by atoms with Crippen molar-refractivity contribution in [2.24, 2.45) is 0 Å². The predicted octanol–water partition coefficient (Wildman–Crippen LogP) is 3.66. The molecule has 0 atom stereocenters. The van der Waals surface area contributed by atoms with E-state index in [4.69, 9.17) is 4.74 Å². The molecule has 0 unspecified atom stereocenters. The molecule has 6 nitrogen and oxygen atoms in total. The Morgan fingerprint density at radius 1 is 1.07 bits per heavy atom. The Hall–Kier alpha value is -3.02. The molecule has 1 saturated heterocycles. The van der Waals surface area contributed by atoms with Crippen LogP contribution in [0.25, 0.3) is 0 Å². The summed E-state index contributed by atoms with van der Waals surface area (Å²) in [7, 11) is 3.13. The summed E-state index contributed by atoms with van der Waals surface area (Å²) < 4.78 is 5.14. The zero-order valence-electron chi connectivity index (χ0n) is 15.6. The van der Waals surface area contributed by atoms with Gasteiger partial charge in [0.15, 0.2) is 0 Å². The van der Waals surface area contributed by atoms with Gasteiger partial charge < -0.3 is 19.6 Å². The number of benzene rings is 2. The minimum Gasteiger partial charge on any atom is -0.496 e. The minimum absolute atomic E-state index is 0.0328. The molecule has 0 bridgehead atoms. The first-order valence-electron chi connectivity index (χ1n) is 9.06. The van der Waals surface area contributed by atoms with E-state index in [9.17, 15) is 14.7 Å². The quantitative estimate of drug-likeness (QED) is 0.872. The molecule has 0 aromatic heterocycles. The third-order valence-corrected chi connectivity index (χ3v) is 4.92. The van der Waals surface area contributed by atoms with Gasteiger partial charge in [-0.2, -0.15) is 0 Å². The number of nitrogens with zero attached hydrogens (tertiary/aromatic N) is 2. The van der Waals surface area contributed by atoms with Crippen LogP contribution in [0.5, 0.6) is 5.75 Å². The van der Waals surface area contributed by atoms with Crippen LogP contribution in [0.3, 0.4) is 0 Å². The number of carboxylic acids is 1. The van der Waals surface area contributed by atoms with Crippen LogP contribution in [-0.4, -0.2) is 44.2 Å². The summed E-state index contributed by atoms with van der Waals surface area (Å²) in [5.41, 5.74) is 2.30. The van der Waals surface area contributed by atoms with Gasteiger partial charge >= 0.3 is 5.97 Å². The second kappa shape index (κ2) is 8.12. The number of ether oxygens (including phenoxy) is 1. The van der Waals surface area contributed by atoms with Crippen LogP contribution < -0.4 is 14.5 Å². The number of para-hydroxylation sites is 2. The van der Waals surface area contributed by atoms with E-state index < -0.39 is 5.97 Å². The first-order chi connectivity index (χ1) is 13.0. The fourth-order valence-corrected chi connectivity index (χ4v) is 3.45. The van der Waals surface area contributed by atoms with Gasteiger partial charge in [-0.05, 0) is 49.6 Å². The average molecular weight is 368 g/mol. The highest BCUT2D eigenvalue weighted by molar-refractivity contribution is 6.08. The molecule has 0 aliphatic carbocycles. The lowest BCUT2D eigenvalue weighted by Crippen LogP contribution is -2.33. The summed E-state index contributed by atoms with van der Waals surface area (Å²) in [5.74, 6) is -1.13. The number of methoxy groups -OCH3 is 1. The number of amides is 1. The smallest absolute Gasteiger partial charge is 0.339 e. The van der Waals surface area contributed by atoms with Crippen molar-refractivity contribution >= 4 is 23.3 Å². The van der Waals surface area contributed by atoms with E-state index in [1.165, 1.54) is 31.7 Å². The molecule has 1 aliphatic heterocycles. The predicted molar refractivity (Wildman–Crippen MR) is 105 cm³/mol. The summed E-state index contributed by atoms with van der Waals surface area (Å²) in [6.45, 7) is 1.97. The van der Waals surface area contributed by atoms with Gasteiger partial charge in [0, 0.05) is 25.7 Å². The molecule has 2 aromatic carbocycles. The molecule has 1 N–H and O–H groups in total. The van der Waals surface area contributed by atoms with Gasteiger partial charge in [0.2, 0.25) is 0 Å². The first-order valence-corrected chi connectivity index (χ1v) is 9.06. The van der Waals surface area contributed by atoms with Gasteiger partial charge in [-0.25, -0.2) is 4.79 Å². The number of anilines is 2. The minimum atomic E-state index is -1.09. The van der Waals surface area contributed by atoms with Crippen molar-refractivity contribution in [3.05, 3.63) is 53.6 Å². The van der Waals surface area contributed by atoms with Crippen molar-refractivity contribution in [3.8, 4) is 5.75 Å². The molecule has 1 amide bonds. The maximum absolute atomic E-state index is 13.0. The number of hydrogen-bond donors (Lipinski definition) is 1. The van der Waals surface area contributed by atoms with Crippen LogP contribution in [-0.2, 0) is 0 Å². The number of carbonyl (C=O) groups is 2. The molecule has 142 valence electrons. The van der Waals surface area contributed by atoms with Gasteiger partial charge in [0.25, 0.3) is 5.91 Å². The highest BCUT2D eigenvalue weighted by Gasteiger charge is 2.22. The summed E-state index contributed by atoms with van der Waals surface area (Å²) in [6, 6.07) is 12.3. The molecule has 1 heterocycles. The molecule has 2 aromatic rings. The molecule has 0 saturated carbocycles. The van der Waals surface area contributed by atoms with Gasteiger partial charge in [0.05, 0.1) is 18.5 Å². The second-order valence-corrected chi connectivity index (χ2v) is 6.62. The fourth-order valence-electron chi connectivity index (χ4n) is 3.45. The number of rotatable bonds is 5. The summed E-state index contributed by atoms with van der Waals surface area (Å²) in [6.07, 6.45) is 3.54. The Labute approximate surface area is 159 Å². The normalized spacial score (nSPS) is 13.9. The summed E-state index contributed by atoms with van der Waals surface area (Å²) >= 11 is 0. The molecule has 6 heteroatoms. The standard InChI is InChI=1S/C21H24N2O4/c1-22(17-8-4-5-9-18(17)23-12-6-3-7-13-23)20(24)15-10-11-16(21(25)26)19(14-15)27-2/h4-5,8-11,14H,3,6-7,12-13H2,1-2H3,(H,25,26). The SMILES string of the molecule is COc1cc(C(=O)N(C)c2ccccc2N2CCCCC2)ccc1C(=O)O. The maximum atomic E-state index is 13.0. The van der Waals surface area contributed by atoms with Gasteiger partial charge in [-0.1, -0.05) is 12.1 Å². The van der Waals surface area contributed by atoms with E-state index in [0.717, 1.165) is 37.3 Å². The zero-order valence-corrected chi connectivity index (χ0v) is 15.6. The van der Waals surface area contributed by atoms with Crippen LogP contribution in [0.15, 0.2) is 42.5 Å². The highest BCUT2D eigenvalue weighted by Crippen LogP contribution is 2.32. The van der Waals surface area contributed by atoms with E-state index in [-0.39, 0.29) is 17.2 Å². The van der Waals surface area contributed by atoms with Crippen LogP contribution in [0.2, 0.25) is 0 Å². The topological polar surface area (TPSA) is 70.1 Å². The van der Waals surface area contributed by atoms with Crippen molar-refractivity contribution in [2.75, 3.05) is 37.0 Å². The fraction of sp³-hybridized carbons (Fsp3) is 0.333. The lowest BCUT2D eigenvalue weighted by molar-refractivity contribution is 0.0692. The van der Waals surface area contributed by atoms with Crippen LogP contribution in [0, 0.1) is 0 Å². The van der Waals surface area contributed by atoms with Crippen molar-refractivity contribution in [1.29, 1.82) is 0 Å². The van der Waals surface area contributed by atoms with E-state index in [1.807, 2.05) is 24.3 Å². The summed E-state index contributed by atoms with van der Waals surface area (Å²) in [4.78, 5) is 28.2. The summed E-state index contributed by atoms with van der Waals surface area (Å²) in [5, 5.41) is 9.21. The molecular weight excluding hydrogens is 344 g/mol. The molecule has 0 radical (unpaired) electrons. The molecule has 0 spiro atoms. The van der Waals surface area contributed by atoms with Crippen LogP contribution >= 0.6 is 0 Å². The van der Waals surface area contributed by atoms with E-state index in [0.29, 0.717) is 5.56 Å².